The van der Waals surface area contributed by atoms with Gasteiger partial charge >= 0.3 is 0 Å². The topological polar surface area (TPSA) is 51.5 Å². The molecule has 0 radical (unpaired) electrons. The Morgan fingerprint density at radius 1 is 1.67 bits per heavy atom. The molecule has 0 aromatic carbocycles. The van der Waals surface area contributed by atoms with Gasteiger partial charge in [0.2, 0.25) is 5.22 Å². The van der Waals surface area contributed by atoms with Crippen molar-refractivity contribution in [3.05, 3.63) is 23.1 Å². The summed E-state index contributed by atoms with van der Waals surface area (Å²) in [6, 6.07) is 1.75. The Balaban J connectivity index is 1.87. The van der Waals surface area contributed by atoms with Gasteiger partial charge < -0.3 is 14.5 Å². The number of nitrogens with one attached hydrogen (secondary N) is 1. The monoisotopic (exact) mass is 229 g/mol. The molecule has 0 aliphatic heterocycles. The molecule has 0 atom stereocenters. The Labute approximate surface area is 92.5 Å². The lowest BCUT2D eigenvalue weighted by Crippen LogP contribution is -2.47. The van der Waals surface area contributed by atoms with Crippen molar-refractivity contribution in [3.63, 3.8) is 0 Å². The molecule has 1 fully saturated rings. The largest absolute Gasteiger partial charge is 0.452 e. The maximum Gasteiger partial charge on any atom is 0.256 e. The van der Waals surface area contributed by atoms with Crippen molar-refractivity contribution in [2.24, 2.45) is 0 Å². The molecule has 0 spiro atoms. The maximum atomic E-state index is 11.6. The number of halogens is 1. The second-order valence-electron chi connectivity index (χ2n) is 3.61. The maximum absolute atomic E-state index is 11.6. The van der Waals surface area contributed by atoms with Crippen LogP contribution in [0.2, 0.25) is 5.22 Å². The summed E-state index contributed by atoms with van der Waals surface area (Å²) >= 11 is 5.68. The zero-order valence-corrected chi connectivity index (χ0v) is 9.08. The van der Waals surface area contributed by atoms with Crippen molar-refractivity contribution in [1.29, 1.82) is 0 Å². The predicted molar refractivity (Wildman–Crippen MR) is 55.0 cm³/mol. The molecule has 1 aromatic rings. The third-order valence-electron chi connectivity index (χ3n) is 2.63. The molecular formula is C10H12ClNO3. The summed E-state index contributed by atoms with van der Waals surface area (Å²) in [7, 11) is 1.68. The van der Waals surface area contributed by atoms with Crippen molar-refractivity contribution in [1.82, 2.24) is 5.32 Å². The van der Waals surface area contributed by atoms with E-state index in [9.17, 15) is 4.79 Å². The lowest BCUT2D eigenvalue weighted by atomic mass is 9.89. The van der Waals surface area contributed by atoms with Gasteiger partial charge in [0, 0.05) is 13.2 Å². The van der Waals surface area contributed by atoms with E-state index in [0.29, 0.717) is 5.56 Å². The summed E-state index contributed by atoms with van der Waals surface area (Å²) < 4.78 is 9.96. The van der Waals surface area contributed by atoms with Crippen molar-refractivity contribution < 1.29 is 13.9 Å². The summed E-state index contributed by atoms with van der Waals surface area (Å²) in [5.41, 5.74) is 0.387. The molecule has 5 heteroatoms. The first-order valence-corrected chi connectivity index (χ1v) is 5.15. The number of hydrogen-bond acceptors (Lipinski definition) is 3. The first-order chi connectivity index (χ1) is 7.20. The molecule has 0 saturated heterocycles. The van der Waals surface area contributed by atoms with Gasteiger partial charge in [-0.25, -0.2) is 0 Å². The van der Waals surface area contributed by atoms with E-state index in [1.165, 1.54) is 6.26 Å². The quantitative estimate of drug-likeness (QED) is 0.861. The van der Waals surface area contributed by atoms with Gasteiger partial charge in [0.05, 0.1) is 17.9 Å². The number of carbonyl (C=O) groups excluding carboxylic acids is 1. The summed E-state index contributed by atoms with van der Waals surface area (Å²) in [4.78, 5) is 11.6. The minimum atomic E-state index is -0.187. The van der Waals surface area contributed by atoms with E-state index in [1.54, 1.807) is 13.2 Å². The zero-order chi connectivity index (χ0) is 10.8. The van der Waals surface area contributed by atoms with Crippen LogP contribution in [0.3, 0.4) is 0 Å². The first kappa shape index (κ1) is 10.5. The highest BCUT2D eigenvalue weighted by Crippen LogP contribution is 2.24. The van der Waals surface area contributed by atoms with E-state index in [-0.39, 0.29) is 23.3 Å². The van der Waals surface area contributed by atoms with Gasteiger partial charge in [-0.15, -0.1) is 0 Å². The molecule has 1 N–H and O–H groups in total. The second kappa shape index (κ2) is 4.24. The van der Waals surface area contributed by atoms with Crippen LogP contribution in [0.1, 0.15) is 23.2 Å². The highest BCUT2D eigenvalue weighted by atomic mass is 35.5. The number of amides is 1. The second-order valence-corrected chi connectivity index (χ2v) is 3.95. The van der Waals surface area contributed by atoms with Gasteiger partial charge in [-0.2, -0.15) is 0 Å². The molecule has 1 aromatic heterocycles. The smallest absolute Gasteiger partial charge is 0.256 e. The summed E-state index contributed by atoms with van der Waals surface area (Å²) in [5.74, 6) is -0.187. The normalized spacial score (nSPS) is 24.7. The number of methoxy groups -OCH3 is 1. The fourth-order valence-corrected chi connectivity index (χ4v) is 1.80. The fraction of sp³-hybridized carbons (Fsp3) is 0.500. The Hall–Kier alpha value is -1.00. The standard InChI is InChI=1S/C10H12ClNO3/c1-14-7-4-6(5-7)12-10(13)8-2-3-15-9(8)11/h2-3,6-7H,4-5H2,1H3,(H,12,13). The van der Waals surface area contributed by atoms with E-state index < -0.39 is 0 Å². The van der Waals surface area contributed by atoms with Crippen LogP contribution in [0.25, 0.3) is 0 Å². The van der Waals surface area contributed by atoms with Gasteiger partial charge in [-0.3, -0.25) is 4.79 Å². The Morgan fingerprint density at radius 3 is 2.93 bits per heavy atom. The molecule has 1 aliphatic rings. The minimum Gasteiger partial charge on any atom is -0.452 e. The molecule has 2 rings (SSSR count). The average molecular weight is 230 g/mol. The van der Waals surface area contributed by atoms with E-state index >= 15 is 0 Å². The van der Waals surface area contributed by atoms with Crippen LogP contribution in [0.4, 0.5) is 0 Å². The Kier molecular flexibility index (Phi) is 2.98. The lowest BCUT2D eigenvalue weighted by Gasteiger charge is -2.34. The van der Waals surface area contributed by atoms with Gasteiger partial charge in [0.25, 0.3) is 5.91 Å². The Bertz CT molecular complexity index is 357. The summed E-state index contributed by atoms with van der Waals surface area (Å²) in [6.07, 6.45) is 3.39. The van der Waals surface area contributed by atoms with Crippen molar-refractivity contribution >= 4 is 17.5 Å². The van der Waals surface area contributed by atoms with Crippen LogP contribution in [0.5, 0.6) is 0 Å². The number of carbonyl (C=O) groups is 1. The van der Waals surface area contributed by atoms with Crippen molar-refractivity contribution in [3.8, 4) is 0 Å². The zero-order valence-electron chi connectivity index (χ0n) is 8.33. The molecule has 15 heavy (non-hydrogen) atoms. The third-order valence-corrected chi connectivity index (χ3v) is 2.92. The van der Waals surface area contributed by atoms with Crippen molar-refractivity contribution in [2.45, 2.75) is 25.0 Å². The van der Waals surface area contributed by atoms with E-state index in [2.05, 4.69) is 5.32 Å². The number of rotatable bonds is 3. The third kappa shape index (κ3) is 2.16. The number of hydrogen-bond donors (Lipinski definition) is 1. The molecule has 1 aliphatic carbocycles. The van der Waals surface area contributed by atoms with Crippen LogP contribution >= 0.6 is 11.6 Å². The number of ether oxygens (including phenoxy) is 1. The molecule has 1 heterocycles. The minimum absolute atomic E-state index is 0.134. The summed E-state index contributed by atoms with van der Waals surface area (Å²) in [6.45, 7) is 0. The van der Waals surface area contributed by atoms with E-state index in [1.807, 2.05) is 0 Å². The number of furan rings is 1. The van der Waals surface area contributed by atoms with Crippen LogP contribution in [0.15, 0.2) is 16.7 Å². The van der Waals surface area contributed by atoms with Crippen molar-refractivity contribution in [2.75, 3.05) is 7.11 Å². The van der Waals surface area contributed by atoms with E-state index in [0.717, 1.165) is 12.8 Å². The van der Waals surface area contributed by atoms with Crippen LogP contribution in [0, 0.1) is 0 Å². The predicted octanol–water partition coefficient (Wildman–Crippen LogP) is 1.84. The van der Waals surface area contributed by atoms with Gasteiger partial charge in [0.15, 0.2) is 0 Å². The Morgan fingerprint density at radius 2 is 2.40 bits per heavy atom. The molecule has 0 unspecified atom stereocenters. The van der Waals surface area contributed by atoms with Gasteiger partial charge in [-0.1, -0.05) is 0 Å². The summed E-state index contributed by atoms with van der Waals surface area (Å²) in [5, 5.41) is 2.99. The molecule has 1 amide bonds. The molecular weight excluding hydrogens is 218 g/mol. The molecule has 1 saturated carbocycles. The lowest BCUT2D eigenvalue weighted by molar-refractivity contribution is 0.0176. The SMILES string of the molecule is COC1CC(NC(=O)c2ccoc2Cl)C1. The average Bonchev–Trinajstić information content (AvgIpc) is 2.56. The van der Waals surface area contributed by atoms with Crippen LogP contribution in [-0.4, -0.2) is 25.2 Å². The fourth-order valence-electron chi connectivity index (χ4n) is 1.59. The highest BCUT2D eigenvalue weighted by molar-refractivity contribution is 6.32. The highest BCUT2D eigenvalue weighted by Gasteiger charge is 2.30. The molecule has 82 valence electrons. The first-order valence-electron chi connectivity index (χ1n) is 4.77. The molecule has 4 nitrogen and oxygen atoms in total. The van der Waals surface area contributed by atoms with Gasteiger partial charge in [0.1, 0.15) is 0 Å². The van der Waals surface area contributed by atoms with Crippen LogP contribution < -0.4 is 5.32 Å². The van der Waals surface area contributed by atoms with E-state index in [4.69, 9.17) is 20.8 Å². The molecule has 0 bridgehead atoms. The van der Waals surface area contributed by atoms with Crippen LogP contribution in [-0.2, 0) is 4.74 Å². The van der Waals surface area contributed by atoms with Gasteiger partial charge in [-0.05, 0) is 30.5 Å².